The molecule has 0 aliphatic rings. The van der Waals surface area contributed by atoms with E-state index >= 15 is 0 Å². The molecule has 0 heterocycles. The first kappa shape index (κ1) is 14.7. The van der Waals surface area contributed by atoms with Gasteiger partial charge in [-0.2, -0.15) is 0 Å². The number of hydrogen-bond donors (Lipinski definition) is 1. The molecule has 0 saturated carbocycles. The zero-order chi connectivity index (χ0) is 14.7. The molecule has 0 radical (unpaired) electrons. The van der Waals surface area contributed by atoms with Crippen molar-refractivity contribution in [2.45, 2.75) is 13.3 Å². The van der Waals surface area contributed by atoms with E-state index in [0.29, 0.717) is 11.3 Å². The van der Waals surface area contributed by atoms with Crippen molar-refractivity contribution < 1.29 is 13.6 Å². The summed E-state index contributed by atoms with van der Waals surface area (Å²) in [4.78, 5) is 11.8. The second-order valence-corrected chi connectivity index (χ2v) is 5.29. The quantitative estimate of drug-likeness (QED) is 0.891. The van der Waals surface area contributed by atoms with Crippen LogP contribution in [0.3, 0.4) is 0 Å². The molecule has 0 bridgehead atoms. The fourth-order valence-corrected chi connectivity index (χ4v) is 2.09. The lowest BCUT2D eigenvalue weighted by atomic mass is 10.1. The molecule has 2 aromatic carbocycles. The predicted molar refractivity (Wildman–Crippen MR) is 77.6 cm³/mol. The van der Waals surface area contributed by atoms with E-state index in [-0.39, 0.29) is 12.3 Å². The van der Waals surface area contributed by atoms with Crippen molar-refractivity contribution in [3.63, 3.8) is 0 Å². The van der Waals surface area contributed by atoms with Gasteiger partial charge >= 0.3 is 0 Å². The highest BCUT2D eigenvalue weighted by Crippen LogP contribution is 2.20. The summed E-state index contributed by atoms with van der Waals surface area (Å²) in [5.41, 5.74) is 2.13. The standard InChI is InChI=1S/C15H12BrF2NO/c1-9-2-4-11(8-12(9)16)19-15(20)7-10-3-5-13(17)14(18)6-10/h2-6,8H,7H2,1H3,(H,19,20). The Morgan fingerprint density at radius 1 is 1.15 bits per heavy atom. The van der Waals surface area contributed by atoms with Crippen LogP contribution in [0.2, 0.25) is 0 Å². The van der Waals surface area contributed by atoms with E-state index in [1.54, 1.807) is 12.1 Å². The first-order valence-corrected chi connectivity index (χ1v) is 6.75. The molecule has 2 nitrogen and oxygen atoms in total. The van der Waals surface area contributed by atoms with Gasteiger partial charge in [0.2, 0.25) is 5.91 Å². The molecule has 104 valence electrons. The first-order chi connectivity index (χ1) is 9.45. The Labute approximate surface area is 123 Å². The van der Waals surface area contributed by atoms with Crippen molar-refractivity contribution in [2.24, 2.45) is 0 Å². The van der Waals surface area contributed by atoms with Crippen LogP contribution in [-0.4, -0.2) is 5.91 Å². The van der Waals surface area contributed by atoms with Gasteiger partial charge in [0.15, 0.2) is 11.6 Å². The molecule has 1 amide bonds. The number of amides is 1. The summed E-state index contributed by atoms with van der Waals surface area (Å²) >= 11 is 3.38. The lowest BCUT2D eigenvalue weighted by Crippen LogP contribution is -2.14. The third-order valence-corrected chi connectivity index (χ3v) is 3.66. The Hall–Kier alpha value is -1.75. The van der Waals surface area contributed by atoms with Crippen molar-refractivity contribution in [3.05, 3.63) is 63.6 Å². The Kier molecular flexibility index (Phi) is 4.49. The molecular formula is C15H12BrF2NO. The molecule has 0 aliphatic heterocycles. The smallest absolute Gasteiger partial charge is 0.228 e. The van der Waals surface area contributed by atoms with E-state index in [1.807, 2.05) is 13.0 Å². The number of nitrogens with one attached hydrogen (secondary N) is 1. The molecule has 2 rings (SSSR count). The fraction of sp³-hybridized carbons (Fsp3) is 0.133. The number of rotatable bonds is 3. The highest BCUT2D eigenvalue weighted by Gasteiger charge is 2.08. The van der Waals surface area contributed by atoms with Crippen molar-refractivity contribution in [2.75, 3.05) is 5.32 Å². The molecular weight excluding hydrogens is 328 g/mol. The number of anilines is 1. The maximum absolute atomic E-state index is 13.0. The van der Waals surface area contributed by atoms with Crippen molar-refractivity contribution in [1.29, 1.82) is 0 Å². The molecule has 5 heteroatoms. The summed E-state index contributed by atoms with van der Waals surface area (Å²) in [6.07, 6.45) is -0.0112. The lowest BCUT2D eigenvalue weighted by molar-refractivity contribution is -0.115. The van der Waals surface area contributed by atoms with Crippen molar-refractivity contribution in [1.82, 2.24) is 0 Å². The summed E-state index contributed by atoms with van der Waals surface area (Å²) in [5.74, 6) is -2.16. The van der Waals surface area contributed by atoms with Crippen molar-refractivity contribution in [3.8, 4) is 0 Å². The van der Waals surface area contributed by atoms with Crippen LogP contribution in [0.5, 0.6) is 0 Å². The third kappa shape index (κ3) is 3.63. The predicted octanol–water partition coefficient (Wildman–Crippen LogP) is 4.22. The van der Waals surface area contributed by atoms with Crippen LogP contribution in [0.25, 0.3) is 0 Å². The molecule has 20 heavy (non-hydrogen) atoms. The van der Waals surface area contributed by atoms with Crippen LogP contribution in [0.4, 0.5) is 14.5 Å². The van der Waals surface area contributed by atoms with Gasteiger partial charge in [-0.15, -0.1) is 0 Å². The first-order valence-electron chi connectivity index (χ1n) is 5.95. The van der Waals surface area contributed by atoms with Crippen LogP contribution in [-0.2, 0) is 11.2 Å². The molecule has 0 spiro atoms. The highest BCUT2D eigenvalue weighted by molar-refractivity contribution is 9.10. The van der Waals surface area contributed by atoms with Gasteiger partial charge in [0.1, 0.15) is 0 Å². The Bertz CT molecular complexity index is 603. The van der Waals surface area contributed by atoms with Crippen LogP contribution in [0.15, 0.2) is 40.9 Å². The number of hydrogen-bond acceptors (Lipinski definition) is 1. The highest BCUT2D eigenvalue weighted by atomic mass is 79.9. The van der Waals surface area contributed by atoms with Gasteiger partial charge in [0.05, 0.1) is 6.42 Å². The summed E-state index contributed by atoms with van der Waals surface area (Å²) in [7, 11) is 0. The fourth-order valence-electron chi connectivity index (χ4n) is 1.71. The molecule has 0 fully saturated rings. The SMILES string of the molecule is Cc1ccc(NC(=O)Cc2ccc(F)c(F)c2)cc1Br. The maximum atomic E-state index is 13.0. The lowest BCUT2D eigenvalue weighted by Gasteiger charge is -2.07. The van der Waals surface area contributed by atoms with Gasteiger partial charge in [-0.3, -0.25) is 4.79 Å². The third-order valence-electron chi connectivity index (χ3n) is 2.80. The van der Waals surface area contributed by atoms with E-state index in [1.165, 1.54) is 6.07 Å². The van der Waals surface area contributed by atoms with E-state index in [2.05, 4.69) is 21.2 Å². The number of carbonyl (C=O) groups excluding carboxylic acids is 1. The van der Waals surface area contributed by atoms with E-state index in [4.69, 9.17) is 0 Å². The average molecular weight is 340 g/mol. The van der Waals surface area contributed by atoms with Gasteiger partial charge in [-0.25, -0.2) is 8.78 Å². The number of aryl methyl sites for hydroxylation is 1. The molecule has 0 saturated heterocycles. The van der Waals surface area contributed by atoms with Gasteiger partial charge in [-0.1, -0.05) is 28.1 Å². The Morgan fingerprint density at radius 2 is 1.90 bits per heavy atom. The minimum Gasteiger partial charge on any atom is -0.326 e. The van der Waals surface area contributed by atoms with E-state index < -0.39 is 11.6 Å². The maximum Gasteiger partial charge on any atom is 0.228 e. The normalized spacial score (nSPS) is 10.4. The number of halogens is 3. The summed E-state index contributed by atoms with van der Waals surface area (Å²) < 4.78 is 26.7. The zero-order valence-corrected chi connectivity index (χ0v) is 12.3. The number of benzene rings is 2. The summed E-state index contributed by atoms with van der Waals surface area (Å²) in [6.45, 7) is 1.94. The molecule has 0 aromatic heterocycles. The molecule has 1 N–H and O–H groups in total. The Morgan fingerprint density at radius 3 is 2.55 bits per heavy atom. The van der Waals surface area contributed by atoms with Gasteiger partial charge in [-0.05, 0) is 42.3 Å². The van der Waals surface area contributed by atoms with Crippen LogP contribution in [0.1, 0.15) is 11.1 Å². The topological polar surface area (TPSA) is 29.1 Å². The second kappa shape index (κ2) is 6.13. The van der Waals surface area contributed by atoms with Gasteiger partial charge in [0, 0.05) is 10.2 Å². The van der Waals surface area contributed by atoms with Crippen molar-refractivity contribution >= 4 is 27.5 Å². The minimum absolute atomic E-state index is 0.0112. The average Bonchev–Trinajstić information content (AvgIpc) is 2.38. The van der Waals surface area contributed by atoms with Crippen LogP contribution < -0.4 is 5.32 Å². The molecule has 2 aromatic rings. The molecule has 0 atom stereocenters. The Balaban J connectivity index is 2.04. The monoisotopic (exact) mass is 339 g/mol. The largest absolute Gasteiger partial charge is 0.326 e. The minimum atomic E-state index is -0.951. The second-order valence-electron chi connectivity index (χ2n) is 4.44. The summed E-state index contributed by atoms with van der Waals surface area (Å²) in [5, 5.41) is 2.71. The van der Waals surface area contributed by atoms with Gasteiger partial charge in [0.25, 0.3) is 0 Å². The van der Waals surface area contributed by atoms with Crippen LogP contribution >= 0.6 is 15.9 Å². The number of carbonyl (C=O) groups is 1. The van der Waals surface area contributed by atoms with E-state index in [9.17, 15) is 13.6 Å². The summed E-state index contributed by atoms with van der Waals surface area (Å²) in [6, 6.07) is 8.88. The molecule has 0 aliphatic carbocycles. The zero-order valence-electron chi connectivity index (χ0n) is 10.7. The molecule has 0 unspecified atom stereocenters. The van der Waals surface area contributed by atoms with Gasteiger partial charge < -0.3 is 5.32 Å². The van der Waals surface area contributed by atoms with Crippen LogP contribution in [0, 0.1) is 18.6 Å². The van der Waals surface area contributed by atoms with E-state index in [0.717, 1.165) is 22.2 Å².